The summed E-state index contributed by atoms with van der Waals surface area (Å²) in [6.45, 7) is 5.66. The molecule has 0 atom stereocenters. The molecule has 1 aromatic rings. The fourth-order valence-electron chi connectivity index (χ4n) is 1.99. The summed E-state index contributed by atoms with van der Waals surface area (Å²) in [7, 11) is 0. The fourth-order valence-corrected chi connectivity index (χ4v) is 1.99. The molecule has 0 bridgehead atoms. The zero-order valence-corrected chi connectivity index (χ0v) is 11.0. The number of aliphatic imine (C=N–C) groups is 1. The third kappa shape index (κ3) is 2.29. The van der Waals surface area contributed by atoms with Crippen molar-refractivity contribution >= 4 is 11.8 Å². The van der Waals surface area contributed by atoms with E-state index in [4.69, 9.17) is 0 Å². The molecule has 0 aromatic carbocycles. The minimum absolute atomic E-state index is 0.0666. The molecule has 19 heavy (non-hydrogen) atoms. The van der Waals surface area contributed by atoms with Crippen molar-refractivity contribution in [1.29, 1.82) is 0 Å². The molecule has 0 saturated heterocycles. The Kier molecular flexibility index (Phi) is 3.25. The van der Waals surface area contributed by atoms with E-state index in [1.54, 1.807) is 6.92 Å². The molecule has 1 aromatic heterocycles. The van der Waals surface area contributed by atoms with Gasteiger partial charge in [0.15, 0.2) is 0 Å². The molecule has 0 amide bonds. The van der Waals surface area contributed by atoms with E-state index in [1.807, 2.05) is 19.9 Å². The van der Waals surface area contributed by atoms with E-state index in [2.05, 4.69) is 9.98 Å². The van der Waals surface area contributed by atoms with E-state index in [1.165, 1.54) is 6.08 Å². The van der Waals surface area contributed by atoms with Crippen molar-refractivity contribution in [3.8, 4) is 5.88 Å². The molecular formula is C13H15N3O3. The number of hydrogen-bond acceptors (Lipinski definition) is 4. The van der Waals surface area contributed by atoms with Gasteiger partial charge in [-0.3, -0.25) is 19.3 Å². The van der Waals surface area contributed by atoms with Crippen LogP contribution in [0, 0.1) is 0 Å². The van der Waals surface area contributed by atoms with Gasteiger partial charge in [0.2, 0.25) is 5.88 Å². The predicted molar refractivity (Wildman–Crippen MR) is 73.5 cm³/mol. The number of allylic oxidation sites excluding steroid dienone is 3. The van der Waals surface area contributed by atoms with Gasteiger partial charge in [-0.2, -0.15) is 0 Å². The summed E-state index contributed by atoms with van der Waals surface area (Å²) in [5, 5.41) is 10.0. The lowest BCUT2D eigenvalue weighted by atomic mass is 10.1. The van der Waals surface area contributed by atoms with E-state index in [9.17, 15) is 14.7 Å². The lowest BCUT2D eigenvalue weighted by molar-refractivity contribution is 0.404. The Labute approximate surface area is 109 Å². The van der Waals surface area contributed by atoms with Gasteiger partial charge in [0.05, 0.1) is 0 Å². The fraction of sp³-hybridized carbons (Fsp3) is 0.308. The maximum atomic E-state index is 11.8. The molecule has 2 rings (SSSR count). The molecular weight excluding hydrogens is 246 g/mol. The number of aromatic nitrogens is 2. The van der Waals surface area contributed by atoms with Gasteiger partial charge in [0.1, 0.15) is 5.56 Å². The first kappa shape index (κ1) is 13.1. The largest absolute Gasteiger partial charge is 0.494 e. The zero-order valence-electron chi connectivity index (χ0n) is 11.0. The Morgan fingerprint density at radius 3 is 2.63 bits per heavy atom. The zero-order chi connectivity index (χ0) is 14.2. The molecule has 0 unspecified atom stereocenters. The third-order valence-electron chi connectivity index (χ3n) is 2.95. The normalized spacial score (nSPS) is 16.7. The lowest BCUT2D eigenvalue weighted by Crippen LogP contribution is -2.31. The average Bonchev–Trinajstić information content (AvgIpc) is 2.63. The summed E-state index contributed by atoms with van der Waals surface area (Å²) in [5.74, 6) is -0.325. The van der Waals surface area contributed by atoms with Crippen molar-refractivity contribution in [2.45, 2.75) is 27.3 Å². The Morgan fingerprint density at radius 2 is 2.11 bits per heavy atom. The standard InChI is InChI=1S/C13H15N3O3/c1-4-16-12(18)10(11(17)15-13(16)19)6-9-5-7(2)14-8(9)3/h5-6,18H,4H2,1-3H3,(H,15,17,19)/b9-6+. The van der Waals surface area contributed by atoms with Gasteiger partial charge in [-0.1, -0.05) is 0 Å². The van der Waals surface area contributed by atoms with E-state index < -0.39 is 11.2 Å². The molecule has 0 spiro atoms. The van der Waals surface area contributed by atoms with Crippen LogP contribution < -0.4 is 11.2 Å². The van der Waals surface area contributed by atoms with Crippen molar-refractivity contribution in [3.63, 3.8) is 0 Å². The Hall–Kier alpha value is -2.37. The predicted octanol–water partition coefficient (Wildman–Crippen LogP) is 1.02. The molecule has 1 aliphatic heterocycles. The average molecular weight is 261 g/mol. The van der Waals surface area contributed by atoms with Crippen LogP contribution >= 0.6 is 0 Å². The van der Waals surface area contributed by atoms with Crippen LogP contribution in [0.25, 0.3) is 6.08 Å². The number of hydrogen-bond donors (Lipinski definition) is 2. The summed E-state index contributed by atoms with van der Waals surface area (Å²) in [6.07, 6.45) is 3.35. The van der Waals surface area contributed by atoms with Crippen LogP contribution in [0.3, 0.4) is 0 Å². The molecule has 100 valence electrons. The third-order valence-corrected chi connectivity index (χ3v) is 2.95. The molecule has 0 radical (unpaired) electrons. The van der Waals surface area contributed by atoms with Gasteiger partial charge < -0.3 is 5.11 Å². The van der Waals surface area contributed by atoms with E-state index in [0.717, 1.165) is 21.5 Å². The molecule has 6 heteroatoms. The topological polar surface area (TPSA) is 87.4 Å². The highest BCUT2D eigenvalue weighted by Crippen LogP contribution is 2.20. The minimum atomic E-state index is -0.615. The van der Waals surface area contributed by atoms with Crippen LogP contribution in [0.2, 0.25) is 0 Å². The highest BCUT2D eigenvalue weighted by molar-refractivity contribution is 6.07. The highest BCUT2D eigenvalue weighted by Gasteiger charge is 2.14. The monoisotopic (exact) mass is 261 g/mol. The van der Waals surface area contributed by atoms with Crippen LogP contribution in [0.4, 0.5) is 0 Å². The maximum Gasteiger partial charge on any atom is 0.331 e. The Morgan fingerprint density at radius 1 is 1.42 bits per heavy atom. The number of aromatic amines is 1. The molecule has 6 nitrogen and oxygen atoms in total. The number of rotatable bonds is 2. The molecule has 2 N–H and O–H groups in total. The van der Waals surface area contributed by atoms with E-state index in [0.29, 0.717) is 0 Å². The number of H-pyrrole nitrogens is 1. The van der Waals surface area contributed by atoms with Gasteiger partial charge in [-0.05, 0) is 38.5 Å². The van der Waals surface area contributed by atoms with Crippen molar-refractivity contribution in [1.82, 2.24) is 9.55 Å². The SMILES string of the molecule is CCn1c(O)c(/C=C2\C=C(C)N=C2C)c(=O)[nH]c1=O. The van der Waals surface area contributed by atoms with Crippen molar-refractivity contribution < 1.29 is 5.11 Å². The second-order valence-electron chi connectivity index (χ2n) is 4.32. The van der Waals surface area contributed by atoms with Gasteiger partial charge in [0, 0.05) is 18.0 Å². The van der Waals surface area contributed by atoms with Crippen molar-refractivity contribution in [2.75, 3.05) is 0 Å². The van der Waals surface area contributed by atoms with Gasteiger partial charge in [-0.25, -0.2) is 4.79 Å². The maximum absolute atomic E-state index is 11.8. The van der Waals surface area contributed by atoms with Gasteiger partial charge in [-0.15, -0.1) is 0 Å². The minimum Gasteiger partial charge on any atom is -0.494 e. The Bertz CT molecular complexity index is 732. The number of nitrogens with one attached hydrogen (secondary N) is 1. The van der Waals surface area contributed by atoms with Crippen molar-refractivity contribution in [2.24, 2.45) is 4.99 Å². The number of aromatic hydroxyl groups is 1. The second kappa shape index (κ2) is 4.72. The summed E-state index contributed by atoms with van der Waals surface area (Å²) >= 11 is 0. The first-order chi connectivity index (χ1) is 8.93. The first-order valence-corrected chi connectivity index (χ1v) is 5.95. The van der Waals surface area contributed by atoms with Gasteiger partial charge in [0.25, 0.3) is 5.56 Å². The molecule has 0 saturated carbocycles. The molecule has 1 aliphatic rings. The van der Waals surface area contributed by atoms with Crippen LogP contribution in [-0.2, 0) is 6.54 Å². The van der Waals surface area contributed by atoms with E-state index >= 15 is 0 Å². The van der Waals surface area contributed by atoms with Crippen LogP contribution in [-0.4, -0.2) is 20.4 Å². The second-order valence-corrected chi connectivity index (χ2v) is 4.32. The lowest BCUT2D eigenvalue weighted by Gasteiger charge is -2.07. The van der Waals surface area contributed by atoms with Crippen LogP contribution in [0.15, 0.2) is 31.9 Å². The Balaban J connectivity index is 2.66. The first-order valence-electron chi connectivity index (χ1n) is 5.95. The quantitative estimate of drug-likeness (QED) is 0.833. The highest BCUT2D eigenvalue weighted by atomic mass is 16.3. The van der Waals surface area contributed by atoms with Crippen LogP contribution in [0.5, 0.6) is 5.88 Å². The van der Waals surface area contributed by atoms with Gasteiger partial charge >= 0.3 is 5.69 Å². The summed E-state index contributed by atoms with van der Waals surface area (Å²) < 4.78 is 1.10. The van der Waals surface area contributed by atoms with Crippen molar-refractivity contribution in [3.05, 3.63) is 43.7 Å². The summed E-state index contributed by atoms with van der Waals surface area (Å²) in [5.41, 5.74) is 1.20. The molecule has 0 fully saturated rings. The number of nitrogens with zero attached hydrogens (tertiary/aromatic N) is 2. The molecule has 0 aliphatic carbocycles. The van der Waals surface area contributed by atoms with E-state index in [-0.39, 0.29) is 18.0 Å². The summed E-state index contributed by atoms with van der Waals surface area (Å²) in [4.78, 5) is 29.7. The molecule has 2 heterocycles. The van der Waals surface area contributed by atoms with Crippen LogP contribution in [0.1, 0.15) is 26.3 Å². The smallest absolute Gasteiger partial charge is 0.331 e. The summed E-state index contributed by atoms with van der Waals surface area (Å²) in [6, 6.07) is 0.